The second kappa shape index (κ2) is 5.37. The highest BCUT2D eigenvalue weighted by atomic mass is 16.5. The molecule has 0 fully saturated rings. The molecule has 1 amide bonds. The Kier molecular flexibility index (Phi) is 4.05. The maximum Gasteiger partial charge on any atom is 0.421 e. The van der Waals surface area contributed by atoms with Crippen LogP contribution in [0, 0.1) is 5.92 Å². The normalized spacial score (nSPS) is 19.9. The van der Waals surface area contributed by atoms with Crippen molar-refractivity contribution in [3.05, 3.63) is 24.3 Å². The number of rotatable bonds is 3. The maximum absolute atomic E-state index is 10.6. The number of ether oxygens (including phenoxy) is 1. The Hall–Kier alpha value is -1.29. The van der Waals surface area contributed by atoms with Crippen molar-refractivity contribution in [3.8, 4) is 0 Å². The second-order valence-corrected chi connectivity index (χ2v) is 2.88. The van der Waals surface area contributed by atoms with E-state index in [9.17, 15) is 4.79 Å². The fourth-order valence-corrected chi connectivity index (χ4v) is 1.19. The molecular weight excluding hydrogens is 168 g/mol. The van der Waals surface area contributed by atoms with Crippen molar-refractivity contribution in [1.29, 1.82) is 0 Å². The number of hydrazine groups is 1. The van der Waals surface area contributed by atoms with Crippen LogP contribution in [0.25, 0.3) is 0 Å². The fraction of sp³-hybridized carbons (Fsp3) is 0.444. The van der Waals surface area contributed by atoms with Crippen molar-refractivity contribution in [2.24, 2.45) is 11.8 Å². The van der Waals surface area contributed by atoms with Gasteiger partial charge in [0.25, 0.3) is 0 Å². The molecule has 1 rings (SSSR count). The fourth-order valence-electron chi connectivity index (χ4n) is 1.19. The molecule has 0 saturated carbocycles. The number of hydrogen-bond acceptors (Lipinski definition) is 3. The Morgan fingerprint density at radius 3 is 3.08 bits per heavy atom. The first-order valence-electron chi connectivity index (χ1n) is 4.29. The minimum atomic E-state index is -0.574. The maximum atomic E-state index is 10.6. The summed E-state index contributed by atoms with van der Waals surface area (Å²) in [5.74, 6) is 5.32. The van der Waals surface area contributed by atoms with Crippen LogP contribution < -0.4 is 11.3 Å². The molecule has 4 heteroatoms. The van der Waals surface area contributed by atoms with Crippen molar-refractivity contribution in [2.75, 3.05) is 6.61 Å². The Morgan fingerprint density at radius 1 is 1.62 bits per heavy atom. The zero-order valence-electron chi connectivity index (χ0n) is 7.40. The molecule has 0 aliphatic heterocycles. The van der Waals surface area contributed by atoms with E-state index in [1.807, 2.05) is 17.6 Å². The zero-order valence-corrected chi connectivity index (χ0v) is 7.40. The Morgan fingerprint density at radius 2 is 2.46 bits per heavy atom. The van der Waals surface area contributed by atoms with Crippen LogP contribution in [0.3, 0.4) is 0 Å². The highest BCUT2D eigenvalue weighted by molar-refractivity contribution is 5.66. The molecule has 0 aromatic carbocycles. The van der Waals surface area contributed by atoms with Gasteiger partial charge in [-0.3, -0.25) is 5.43 Å². The molecular formula is C9H14N2O2. The van der Waals surface area contributed by atoms with E-state index in [1.165, 1.54) is 0 Å². The van der Waals surface area contributed by atoms with E-state index < -0.39 is 6.09 Å². The molecule has 0 bridgehead atoms. The molecule has 0 saturated heterocycles. The van der Waals surface area contributed by atoms with E-state index in [4.69, 9.17) is 10.6 Å². The summed E-state index contributed by atoms with van der Waals surface area (Å²) in [7, 11) is 0. The molecule has 0 aromatic rings. The third-order valence-electron chi connectivity index (χ3n) is 1.91. The second-order valence-electron chi connectivity index (χ2n) is 2.88. The van der Waals surface area contributed by atoms with Crippen LogP contribution in [0.2, 0.25) is 0 Å². The Labute approximate surface area is 77.4 Å². The van der Waals surface area contributed by atoms with Crippen LogP contribution in [0.15, 0.2) is 24.3 Å². The van der Waals surface area contributed by atoms with Gasteiger partial charge in [0.2, 0.25) is 0 Å². The number of carbonyl (C=O) groups is 1. The van der Waals surface area contributed by atoms with E-state index in [-0.39, 0.29) is 0 Å². The first kappa shape index (κ1) is 9.80. The average Bonchev–Trinajstić information content (AvgIpc) is 2.19. The van der Waals surface area contributed by atoms with Crippen molar-refractivity contribution >= 4 is 6.09 Å². The van der Waals surface area contributed by atoms with Gasteiger partial charge >= 0.3 is 6.09 Å². The number of allylic oxidation sites excluding steroid dienone is 4. The van der Waals surface area contributed by atoms with E-state index in [0.29, 0.717) is 12.5 Å². The Balaban J connectivity index is 2.09. The number of carbonyl (C=O) groups excluding carboxylic acids is 1. The van der Waals surface area contributed by atoms with Gasteiger partial charge in [0.05, 0.1) is 6.61 Å². The molecule has 0 radical (unpaired) electrons. The summed E-state index contributed by atoms with van der Waals surface area (Å²) in [4.78, 5) is 10.6. The van der Waals surface area contributed by atoms with Crippen molar-refractivity contribution in [1.82, 2.24) is 5.43 Å². The molecule has 0 aromatic heterocycles. The Bertz CT molecular complexity index is 224. The third kappa shape index (κ3) is 3.75. The van der Waals surface area contributed by atoms with Gasteiger partial charge in [0, 0.05) is 0 Å². The van der Waals surface area contributed by atoms with Gasteiger partial charge in [-0.1, -0.05) is 24.3 Å². The van der Waals surface area contributed by atoms with Crippen molar-refractivity contribution in [3.63, 3.8) is 0 Å². The summed E-state index contributed by atoms with van der Waals surface area (Å²) in [6, 6.07) is 0. The lowest BCUT2D eigenvalue weighted by molar-refractivity contribution is 0.141. The van der Waals surface area contributed by atoms with Crippen LogP contribution in [0.5, 0.6) is 0 Å². The van der Waals surface area contributed by atoms with Gasteiger partial charge < -0.3 is 4.74 Å². The average molecular weight is 182 g/mol. The van der Waals surface area contributed by atoms with Crippen molar-refractivity contribution in [2.45, 2.75) is 12.8 Å². The van der Waals surface area contributed by atoms with Gasteiger partial charge in [-0.2, -0.15) is 0 Å². The van der Waals surface area contributed by atoms with Gasteiger partial charge in [0.1, 0.15) is 0 Å². The number of nitrogens with two attached hydrogens (primary N) is 1. The molecule has 1 aliphatic carbocycles. The zero-order chi connectivity index (χ0) is 9.52. The SMILES string of the molecule is NNC(=O)OCCC1C=CC=CC1. The minimum absolute atomic E-state index is 0.409. The van der Waals surface area contributed by atoms with Crippen LogP contribution in [-0.4, -0.2) is 12.7 Å². The lowest BCUT2D eigenvalue weighted by Gasteiger charge is -2.12. The number of nitrogens with one attached hydrogen (secondary N) is 1. The van der Waals surface area contributed by atoms with E-state index in [0.717, 1.165) is 12.8 Å². The molecule has 0 heterocycles. The predicted molar refractivity (Wildman–Crippen MR) is 49.7 cm³/mol. The van der Waals surface area contributed by atoms with Crippen LogP contribution in [0.1, 0.15) is 12.8 Å². The molecule has 1 unspecified atom stereocenters. The lowest BCUT2D eigenvalue weighted by atomic mass is 9.98. The summed E-state index contributed by atoms with van der Waals surface area (Å²) in [5, 5.41) is 0. The highest BCUT2D eigenvalue weighted by Crippen LogP contribution is 2.14. The number of amides is 1. The quantitative estimate of drug-likeness (QED) is 0.390. The van der Waals surface area contributed by atoms with Crippen LogP contribution in [-0.2, 0) is 4.74 Å². The summed E-state index contributed by atoms with van der Waals surface area (Å²) in [6.07, 6.45) is 9.53. The summed E-state index contributed by atoms with van der Waals surface area (Å²) < 4.78 is 4.76. The standard InChI is InChI=1S/C9H14N2O2/c10-11-9(12)13-7-6-8-4-2-1-3-5-8/h1-4,8H,5-7,10H2,(H,11,12). The van der Waals surface area contributed by atoms with E-state index >= 15 is 0 Å². The largest absolute Gasteiger partial charge is 0.449 e. The third-order valence-corrected chi connectivity index (χ3v) is 1.91. The highest BCUT2D eigenvalue weighted by Gasteiger charge is 2.06. The summed E-state index contributed by atoms with van der Waals surface area (Å²) >= 11 is 0. The van der Waals surface area contributed by atoms with Crippen LogP contribution in [0.4, 0.5) is 4.79 Å². The number of hydrogen-bond donors (Lipinski definition) is 2. The van der Waals surface area contributed by atoms with Crippen molar-refractivity contribution < 1.29 is 9.53 Å². The summed E-state index contributed by atoms with van der Waals surface area (Å²) in [6.45, 7) is 0.409. The predicted octanol–water partition coefficient (Wildman–Crippen LogP) is 1.11. The molecule has 13 heavy (non-hydrogen) atoms. The minimum Gasteiger partial charge on any atom is -0.449 e. The first-order valence-corrected chi connectivity index (χ1v) is 4.29. The molecule has 1 aliphatic rings. The van der Waals surface area contributed by atoms with Gasteiger partial charge in [-0.25, -0.2) is 10.6 Å². The molecule has 1 atom stereocenters. The van der Waals surface area contributed by atoms with Gasteiger partial charge in [-0.05, 0) is 18.8 Å². The molecule has 3 N–H and O–H groups in total. The van der Waals surface area contributed by atoms with Crippen LogP contribution >= 0.6 is 0 Å². The van der Waals surface area contributed by atoms with E-state index in [2.05, 4.69) is 12.2 Å². The van der Waals surface area contributed by atoms with Gasteiger partial charge in [-0.15, -0.1) is 0 Å². The first-order chi connectivity index (χ1) is 6.33. The summed E-state index contributed by atoms with van der Waals surface area (Å²) in [5.41, 5.74) is 1.91. The smallest absolute Gasteiger partial charge is 0.421 e. The molecule has 4 nitrogen and oxygen atoms in total. The lowest BCUT2D eigenvalue weighted by Crippen LogP contribution is -2.31. The topological polar surface area (TPSA) is 64.3 Å². The molecule has 0 spiro atoms. The molecule has 72 valence electrons. The monoisotopic (exact) mass is 182 g/mol. The van der Waals surface area contributed by atoms with E-state index in [1.54, 1.807) is 0 Å². The van der Waals surface area contributed by atoms with Gasteiger partial charge in [0.15, 0.2) is 0 Å².